The number of ether oxygens (including phenoxy) is 2. The van der Waals surface area contributed by atoms with Gasteiger partial charge in [0.15, 0.2) is 10.8 Å². The number of rotatable bonds is 8. The normalized spacial score (nSPS) is 11.2. The van der Waals surface area contributed by atoms with Crippen LogP contribution in [-0.2, 0) is 21.4 Å². The van der Waals surface area contributed by atoms with Gasteiger partial charge in [-0.25, -0.2) is 18.2 Å². The fourth-order valence-electron chi connectivity index (χ4n) is 2.77. The quantitative estimate of drug-likeness (QED) is 0.376. The molecule has 2 aromatic heterocycles. The van der Waals surface area contributed by atoms with E-state index < -0.39 is 16.0 Å². The molecule has 0 amide bonds. The van der Waals surface area contributed by atoms with E-state index >= 15 is 0 Å². The van der Waals surface area contributed by atoms with E-state index in [9.17, 15) is 13.2 Å². The Kier molecular flexibility index (Phi) is 6.24. The van der Waals surface area contributed by atoms with Gasteiger partial charge in [-0.2, -0.15) is 0 Å². The fourth-order valence-corrected chi connectivity index (χ4v) is 4.65. The van der Waals surface area contributed by atoms with Gasteiger partial charge in [-0.15, -0.1) is 11.3 Å². The third-order valence-electron chi connectivity index (χ3n) is 4.36. The number of hydrogen-bond donors (Lipinski definition) is 1. The summed E-state index contributed by atoms with van der Waals surface area (Å²) in [6.45, 7) is -0.0445. The second-order valence-corrected chi connectivity index (χ2v) is 9.10. The van der Waals surface area contributed by atoms with Crippen molar-refractivity contribution in [2.75, 3.05) is 11.8 Å². The monoisotopic (exact) mass is 470 g/mol. The number of aromatic nitrogens is 1. The second kappa shape index (κ2) is 9.25. The molecule has 10 heteroatoms. The lowest BCUT2D eigenvalue weighted by Crippen LogP contribution is -2.14. The van der Waals surface area contributed by atoms with E-state index in [0.29, 0.717) is 27.9 Å². The number of nitrogens with zero attached hydrogens (tertiary/aromatic N) is 1. The zero-order valence-electron chi connectivity index (χ0n) is 16.8. The van der Waals surface area contributed by atoms with Crippen LogP contribution in [0, 0.1) is 0 Å². The highest BCUT2D eigenvalue weighted by molar-refractivity contribution is 7.92. The molecule has 0 saturated heterocycles. The van der Waals surface area contributed by atoms with Gasteiger partial charge in [-0.05, 0) is 54.6 Å². The maximum atomic E-state index is 12.7. The number of carbonyl (C=O) groups is 1. The number of thiazole rings is 1. The smallest absolute Gasteiger partial charge is 0.338 e. The predicted molar refractivity (Wildman–Crippen MR) is 119 cm³/mol. The predicted octanol–water partition coefficient (Wildman–Crippen LogP) is 4.57. The molecule has 0 aliphatic carbocycles. The molecule has 0 spiro atoms. The lowest BCUT2D eigenvalue weighted by Gasteiger charge is -2.10. The molecule has 0 aliphatic heterocycles. The summed E-state index contributed by atoms with van der Waals surface area (Å²) in [5.74, 6) is 0.586. The van der Waals surface area contributed by atoms with Crippen molar-refractivity contribution >= 4 is 33.0 Å². The molecule has 0 radical (unpaired) electrons. The third-order valence-corrected chi connectivity index (χ3v) is 6.64. The van der Waals surface area contributed by atoms with Crippen LogP contribution in [0.25, 0.3) is 10.8 Å². The number of sulfonamides is 1. The Morgan fingerprint density at radius 3 is 2.66 bits per heavy atom. The minimum absolute atomic E-state index is 0.0445. The minimum Gasteiger partial charge on any atom is -0.497 e. The van der Waals surface area contributed by atoms with Crippen LogP contribution in [-0.4, -0.2) is 26.5 Å². The molecule has 4 aromatic rings. The average molecular weight is 471 g/mol. The first-order valence-electron chi connectivity index (χ1n) is 9.37. The molecule has 0 saturated carbocycles. The summed E-state index contributed by atoms with van der Waals surface area (Å²) in [7, 11) is -2.37. The molecule has 32 heavy (non-hydrogen) atoms. The zero-order chi connectivity index (χ0) is 22.6. The number of carbonyl (C=O) groups excluding carboxylic acids is 1. The first kappa shape index (κ1) is 21.6. The van der Waals surface area contributed by atoms with Crippen molar-refractivity contribution in [2.45, 2.75) is 11.5 Å². The third kappa shape index (κ3) is 4.98. The second-order valence-electron chi connectivity index (χ2n) is 6.56. The number of hydrogen-bond acceptors (Lipinski definition) is 8. The number of furan rings is 1. The molecule has 0 fully saturated rings. The van der Waals surface area contributed by atoms with Crippen molar-refractivity contribution in [3.63, 3.8) is 0 Å². The summed E-state index contributed by atoms with van der Waals surface area (Å²) in [4.78, 5) is 16.8. The molecule has 0 unspecified atom stereocenters. The first-order chi connectivity index (χ1) is 15.4. The van der Waals surface area contributed by atoms with E-state index in [0.717, 1.165) is 0 Å². The number of nitrogens with one attached hydrogen (secondary N) is 1. The Bertz CT molecular complexity index is 1310. The molecule has 4 rings (SSSR count). The van der Waals surface area contributed by atoms with E-state index in [1.54, 1.807) is 48.0 Å². The van der Waals surface area contributed by atoms with E-state index in [1.165, 1.54) is 42.7 Å². The molecular weight excluding hydrogens is 452 g/mol. The fraction of sp³-hybridized carbons (Fsp3) is 0.0909. The number of esters is 1. The molecule has 0 aliphatic rings. The molecule has 1 N–H and O–H groups in total. The van der Waals surface area contributed by atoms with Gasteiger partial charge in [0.2, 0.25) is 0 Å². The van der Waals surface area contributed by atoms with Crippen LogP contribution in [0.4, 0.5) is 5.69 Å². The highest BCUT2D eigenvalue weighted by Crippen LogP contribution is 2.24. The van der Waals surface area contributed by atoms with E-state index in [4.69, 9.17) is 13.9 Å². The largest absolute Gasteiger partial charge is 0.497 e. The van der Waals surface area contributed by atoms with Gasteiger partial charge in [-0.3, -0.25) is 4.72 Å². The summed E-state index contributed by atoms with van der Waals surface area (Å²) >= 11 is 1.37. The summed E-state index contributed by atoms with van der Waals surface area (Å²) in [5, 5.41) is 2.45. The SMILES string of the molecule is COc1ccc(NS(=O)(=O)c2cccc(C(=O)OCc3csc(-c4ccco4)n3)c2)cc1. The molecule has 8 nitrogen and oxygen atoms in total. The van der Waals surface area contributed by atoms with Gasteiger partial charge < -0.3 is 13.9 Å². The molecule has 0 bridgehead atoms. The molecule has 2 aromatic carbocycles. The Balaban J connectivity index is 1.42. The standard InChI is InChI=1S/C22H18N2O6S2/c1-28-18-9-7-16(8-10-18)24-32(26,27)19-5-2-4-15(12-19)22(25)30-13-17-14-31-21(23-17)20-6-3-11-29-20/h2-12,14,24H,13H2,1H3. The summed E-state index contributed by atoms with van der Waals surface area (Å²) in [6.07, 6.45) is 1.56. The lowest BCUT2D eigenvalue weighted by molar-refractivity contribution is 0.0468. The molecule has 2 heterocycles. The summed E-state index contributed by atoms with van der Waals surface area (Å²) in [5.41, 5.74) is 1.05. The van der Waals surface area contributed by atoms with E-state index in [1.807, 2.05) is 0 Å². The number of methoxy groups -OCH3 is 1. The van der Waals surface area contributed by atoms with Crippen LogP contribution >= 0.6 is 11.3 Å². The van der Waals surface area contributed by atoms with Crippen LogP contribution in [0.1, 0.15) is 16.1 Å². The van der Waals surface area contributed by atoms with Crippen molar-refractivity contribution in [3.8, 4) is 16.5 Å². The Morgan fingerprint density at radius 1 is 1.12 bits per heavy atom. The van der Waals surface area contributed by atoms with Gasteiger partial charge in [0.1, 0.15) is 12.4 Å². The first-order valence-corrected chi connectivity index (χ1v) is 11.7. The minimum atomic E-state index is -3.90. The van der Waals surface area contributed by atoms with Crippen molar-refractivity contribution in [3.05, 3.63) is 83.6 Å². The van der Waals surface area contributed by atoms with Crippen LogP contribution < -0.4 is 9.46 Å². The van der Waals surface area contributed by atoms with Crippen LogP contribution in [0.2, 0.25) is 0 Å². The van der Waals surface area contributed by atoms with Gasteiger partial charge in [-0.1, -0.05) is 6.07 Å². The molecular formula is C22H18N2O6S2. The number of anilines is 1. The zero-order valence-corrected chi connectivity index (χ0v) is 18.5. The number of benzene rings is 2. The highest BCUT2D eigenvalue weighted by atomic mass is 32.2. The van der Waals surface area contributed by atoms with Crippen molar-refractivity contribution in [1.29, 1.82) is 0 Å². The van der Waals surface area contributed by atoms with Crippen molar-refractivity contribution in [1.82, 2.24) is 4.98 Å². The van der Waals surface area contributed by atoms with Gasteiger partial charge >= 0.3 is 5.97 Å². The maximum absolute atomic E-state index is 12.7. The van der Waals surface area contributed by atoms with Crippen LogP contribution in [0.15, 0.2) is 81.6 Å². The molecule has 0 atom stereocenters. The van der Waals surface area contributed by atoms with Gasteiger partial charge in [0, 0.05) is 11.1 Å². The summed E-state index contributed by atoms with van der Waals surface area (Å²) in [6, 6.07) is 15.6. The summed E-state index contributed by atoms with van der Waals surface area (Å²) < 4.78 is 43.6. The van der Waals surface area contributed by atoms with Crippen LogP contribution in [0.5, 0.6) is 5.75 Å². The Labute approximate surface area is 188 Å². The van der Waals surface area contributed by atoms with Gasteiger partial charge in [0.05, 0.1) is 29.5 Å². The molecule has 164 valence electrons. The Hall–Kier alpha value is -3.63. The lowest BCUT2D eigenvalue weighted by atomic mass is 10.2. The Morgan fingerprint density at radius 2 is 1.94 bits per heavy atom. The van der Waals surface area contributed by atoms with Crippen LogP contribution in [0.3, 0.4) is 0 Å². The van der Waals surface area contributed by atoms with E-state index in [-0.39, 0.29) is 17.1 Å². The average Bonchev–Trinajstić information content (AvgIpc) is 3.50. The van der Waals surface area contributed by atoms with Crippen molar-refractivity contribution in [2.24, 2.45) is 0 Å². The van der Waals surface area contributed by atoms with Crippen molar-refractivity contribution < 1.29 is 27.1 Å². The maximum Gasteiger partial charge on any atom is 0.338 e. The topological polar surface area (TPSA) is 108 Å². The van der Waals surface area contributed by atoms with E-state index in [2.05, 4.69) is 9.71 Å². The highest BCUT2D eigenvalue weighted by Gasteiger charge is 2.18. The van der Waals surface area contributed by atoms with Gasteiger partial charge in [0.25, 0.3) is 10.0 Å².